The summed E-state index contributed by atoms with van der Waals surface area (Å²) in [6, 6.07) is 6.56. The normalized spacial score (nSPS) is 15.7. The first-order valence-corrected chi connectivity index (χ1v) is 14.9. The first-order valence-electron chi connectivity index (χ1n) is 14.9. The van der Waals surface area contributed by atoms with Gasteiger partial charge in [-0.1, -0.05) is 13.8 Å². The van der Waals surface area contributed by atoms with Crippen molar-refractivity contribution in [1.82, 2.24) is 35.1 Å². The summed E-state index contributed by atoms with van der Waals surface area (Å²) in [5, 5.41) is 10.4. The lowest BCUT2D eigenvalue weighted by Crippen LogP contribution is -2.49. The topological polar surface area (TPSA) is 140 Å². The third-order valence-electron chi connectivity index (χ3n) is 7.80. The number of hydrogen-bond donors (Lipinski definition) is 2. The van der Waals surface area contributed by atoms with Gasteiger partial charge in [0.15, 0.2) is 17.1 Å². The molecule has 2 N–H and O–H groups in total. The minimum Gasteiger partial charge on any atom is -0.493 e. The van der Waals surface area contributed by atoms with Gasteiger partial charge in [-0.05, 0) is 62.9 Å². The number of amides is 3. The van der Waals surface area contributed by atoms with Crippen LogP contribution in [0.25, 0.3) is 16.8 Å². The van der Waals surface area contributed by atoms with E-state index in [-0.39, 0.29) is 37.4 Å². The van der Waals surface area contributed by atoms with Crippen LogP contribution in [0.3, 0.4) is 0 Å². The molecule has 4 aromatic rings. The van der Waals surface area contributed by atoms with Crippen LogP contribution in [0, 0.1) is 26.7 Å². The Labute approximate surface area is 262 Å². The van der Waals surface area contributed by atoms with E-state index in [1.54, 1.807) is 42.8 Å². The van der Waals surface area contributed by atoms with Crippen LogP contribution >= 0.6 is 0 Å². The van der Waals surface area contributed by atoms with Gasteiger partial charge >= 0.3 is 0 Å². The second kappa shape index (κ2) is 12.9. The van der Waals surface area contributed by atoms with Crippen molar-refractivity contribution in [3.05, 3.63) is 70.4 Å². The SMILES string of the molecule is COc1cc2cc(c1OC)-c1cncc(c1)C(=O)N[C@H](CC(C)C)C(=O)NCCN(C(=O)c1c(C)nn3c(C)cc(C)nc13)C2. The van der Waals surface area contributed by atoms with Crippen molar-refractivity contribution in [2.24, 2.45) is 5.92 Å². The second-order valence-electron chi connectivity index (χ2n) is 11.7. The highest BCUT2D eigenvalue weighted by Gasteiger charge is 2.28. The van der Waals surface area contributed by atoms with E-state index in [0.717, 1.165) is 17.0 Å². The molecule has 4 heterocycles. The number of aryl methyl sites for hydroxylation is 3. The molecule has 12 nitrogen and oxygen atoms in total. The number of carbonyl (C=O) groups is 3. The van der Waals surface area contributed by atoms with Gasteiger partial charge in [-0.25, -0.2) is 9.50 Å². The lowest BCUT2D eigenvalue weighted by Gasteiger charge is -2.25. The predicted octanol–water partition coefficient (Wildman–Crippen LogP) is 3.65. The molecule has 45 heavy (non-hydrogen) atoms. The van der Waals surface area contributed by atoms with Gasteiger partial charge in [-0.15, -0.1) is 0 Å². The first-order chi connectivity index (χ1) is 21.5. The minimum absolute atomic E-state index is 0.141. The molecule has 3 aromatic heterocycles. The van der Waals surface area contributed by atoms with Gasteiger partial charge in [0.1, 0.15) is 11.6 Å². The van der Waals surface area contributed by atoms with E-state index in [1.165, 1.54) is 6.20 Å². The summed E-state index contributed by atoms with van der Waals surface area (Å²) >= 11 is 0. The van der Waals surface area contributed by atoms with Crippen molar-refractivity contribution in [2.45, 2.75) is 53.6 Å². The largest absolute Gasteiger partial charge is 0.493 e. The zero-order valence-electron chi connectivity index (χ0n) is 26.7. The summed E-state index contributed by atoms with van der Waals surface area (Å²) in [5.41, 5.74) is 5.37. The third-order valence-corrected chi connectivity index (χ3v) is 7.80. The molecule has 1 aromatic carbocycles. The van der Waals surface area contributed by atoms with Crippen molar-refractivity contribution in [1.29, 1.82) is 0 Å². The summed E-state index contributed by atoms with van der Waals surface area (Å²) in [7, 11) is 3.09. The molecule has 4 bridgehead atoms. The molecule has 236 valence electrons. The number of nitrogens with zero attached hydrogens (tertiary/aromatic N) is 5. The number of ether oxygens (including phenoxy) is 2. The minimum atomic E-state index is -0.775. The van der Waals surface area contributed by atoms with E-state index in [4.69, 9.17) is 9.47 Å². The zero-order valence-corrected chi connectivity index (χ0v) is 26.7. The maximum atomic E-state index is 14.4. The van der Waals surface area contributed by atoms with Crippen molar-refractivity contribution >= 4 is 23.4 Å². The van der Waals surface area contributed by atoms with Crippen LogP contribution in [-0.4, -0.2) is 75.6 Å². The Morgan fingerprint density at radius 2 is 1.80 bits per heavy atom. The molecule has 1 aliphatic heterocycles. The van der Waals surface area contributed by atoms with Crippen LogP contribution in [0.4, 0.5) is 0 Å². The molecular formula is C33H39N7O5. The van der Waals surface area contributed by atoms with Gasteiger partial charge < -0.3 is 25.0 Å². The Morgan fingerprint density at radius 1 is 1.04 bits per heavy atom. The summed E-state index contributed by atoms with van der Waals surface area (Å²) < 4.78 is 13.1. The number of nitrogens with one attached hydrogen (secondary N) is 2. The molecular weight excluding hydrogens is 574 g/mol. The highest BCUT2D eigenvalue weighted by atomic mass is 16.5. The van der Waals surface area contributed by atoms with Crippen LogP contribution in [0.2, 0.25) is 0 Å². The van der Waals surface area contributed by atoms with Crippen LogP contribution in [0.1, 0.15) is 63.6 Å². The number of fused-ring (bicyclic) bond motifs is 6. The molecule has 0 unspecified atom stereocenters. The third kappa shape index (κ3) is 6.45. The van der Waals surface area contributed by atoms with Gasteiger partial charge in [-0.2, -0.15) is 5.10 Å². The maximum absolute atomic E-state index is 14.4. The Hall–Kier alpha value is -5.00. The van der Waals surface area contributed by atoms with Crippen molar-refractivity contribution in [3.63, 3.8) is 0 Å². The maximum Gasteiger partial charge on any atom is 0.259 e. The van der Waals surface area contributed by atoms with Crippen LogP contribution in [0.15, 0.2) is 36.7 Å². The molecule has 0 saturated heterocycles. The van der Waals surface area contributed by atoms with E-state index in [0.29, 0.717) is 51.5 Å². The van der Waals surface area contributed by atoms with Crippen molar-refractivity contribution in [2.75, 3.05) is 27.3 Å². The standard InChI is InChI=1S/C33H39N7O5/c1-18(2)10-26-32(42)35-8-9-39(33(43)28-21(5)38-40-20(4)11-19(3)36-30(28)40)17-22-12-25(29(45-7)27(13-22)44-6)23-14-24(16-34-15-23)31(41)37-26/h11-16,18,26H,8-10,17H2,1-7H3,(H,35,42)(H,37,41)/t26-/m1/s1. The van der Waals surface area contributed by atoms with E-state index < -0.39 is 11.9 Å². The van der Waals surface area contributed by atoms with Crippen molar-refractivity contribution in [3.8, 4) is 22.6 Å². The molecule has 12 heteroatoms. The van der Waals surface area contributed by atoms with E-state index in [9.17, 15) is 14.4 Å². The van der Waals surface area contributed by atoms with E-state index in [1.807, 2.05) is 45.9 Å². The molecule has 1 atom stereocenters. The fraction of sp³-hybridized carbons (Fsp3) is 0.394. The fourth-order valence-corrected chi connectivity index (χ4v) is 5.73. The number of rotatable bonds is 5. The average Bonchev–Trinajstić information content (AvgIpc) is 3.34. The van der Waals surface area contributed by atoms with Gasteiger partial charge in [0.05, 0.1) is 25.5 Å². The molecule has 0 saturated carbocycles. The summed E-state index contributed by atoms with van der Waals surface area (Å²) in [5.74, 6) is 0.0494. The molecule has 5 rings (SSSR count). The Morgan fingerprint density at radius 3 is 2.51 bits per heavy atom. The highest BCUT2D eigenvalue weighted by molar-refractivity contribution is 6.01. The molecule has 1 aliphatic rings. The Kier molecular flexibility index (Phi) is 9.03. The summed E-state index contributed by atoms with van der Waals surface area (Å²) in [4.78, 5) is 51.7. The molecule has 0 spiro atoms. The number of aromatic nitrogens is 4. The highest BCUT2D eigenvalue weighted by Crippen LogP contribution is 2.40. The fourth-order valence-electron chi connectivity index (χ4n) is 5.73. The summed E-state index contributed by atoms with van der Waals surface area (Å²) in [6.07, 6.45) is 3.53. The van der Waals surface area contributed by atoms with Crippen LogP contribution < -0.4 is 20.1 Å². The summed E-state index contributed by atoms with van der Waals surface area (Å²) in [6.45, 7) is 10.1. The smallest absolute Gasteiger partial charge is 0.259 e. The van der Waals surface area contributed by atoms with Crippen LogP contribution in [-0.2, 0) is 11.3 Å². The first kappa shape index (κ1) is 31.4. The lowest BCUT2D eigenvalue weighted by molar-refractivity contribution is -0.123. The van der Waals surface area contributed by atoms with Gasteiger partial charge in [0, 0.05) is 54.5 Å². The molecule has 0 aliphatic carbocycles. The van der Waals surface area contributed by atoms with Crippen LogP contribution in [0.5, 0.6) is 11.5 Å². The number of benzene rings is 1. The van der Waals surface area contributed by atoms with Crippen molar-refractivity contribution < 1.29 is 23.9 Å². The van der Waals surface area contributed by atoms with Gasteiger partial charge in [0.2, 0.25) is 5.91 Å². The number of hydrogen-bond acceptors (Lipinski definition) is 8. The van der Waals surface area contributed by atoms with E-state index >= 15 is 0 Å². The Bertz CT molecular complexity index is 1780. The van der Waals surface area contributed by atoms with Gasteiger partial charge in [-0.3, -0.25) is 19.4 Å². The van der Waals surface area contributed by atoms with Gasteiger partial charge in [0.25, 0.3) is 11.8 Å². The predicted molar refractivity (Wildman–Crippen MR) is 168 cm³/mol. The Balaban J connectivity index is 1.65. The number of methoxy groups -OCH3 is 2. The zero-order chi connectivity index (χ0) is 32.4. The molecule has 0 radical (unpaired) electrons. The average molecular weight is 614 g/mol. The monoisotopic (exact) mass is 613 g/mol. The molecule has 0 fully saturated rings. The number of carbonyl (C=O) groups excluding carboxylic acids is 3. The number of pyridine rings is 1. The lowest BCUT2D eigenvalue weighted by atomic mass is 10.00. The van der Waals surface area contributed by atoms with E-state index in [2.05, 4.69) is 25.7 Å². The quantitative estimate of drug-likeness (QED) is 0.348. The second-order valence-corrected chi connectivity index (χ2v) is 11.7. The molecule has 3 amide bonds.